The molecule has 9 heteroatoms. The summed E-state index contributed by atoms with van der Waals surface area (Å²) in [7, 11) is 0. The molecule has 0 amide bonds. The van der Waals surface area contributed by atoms with Gasteiger partial charge in [0.05, 0.1) is 29.6 Å². The summed E-state index contributed by atoms with van der Waals surface area (Å²) < 4.78 is 28.7. The molecule has 3 aromatic rings. The third-order valence-corrected chi connectivity index (χ3v) is 6.05. The lowest BCUT2D eigenvalue weighted by atomic mass is 9.94. The Balaban J connectivity index is 1.71. The van der Waals surface area contributed by atoms with E-state index in [1.54, 1.807) is 91.0 Å². The van der Waals surface area contributed by atoms with Crippen molar-refractivity contribution in [3.05, 3.63) is 121 Å². The molecule has 9 nitrogen and oxygen atoms in total. The predicted octanol–water partition coefficient (Wildman–Crippen LogP) is 3.58. The minimum absolute atomic E-state index is 0.147. The van der Waals surface area contributed by atoms with Crippen molar-refractivity contribution < 1.29 is 43.2 Å². The molecule has 1 N–H and O–H groups in total. The highest BCUT2D eigenvalue weighted by molar-refractivity contribution is 5.91. The Bertz CT molecular complexity index is 1250. The van der Waals surface area contributed by atoms with Crippen molar-refractivity contribution in [3.63, 3.8) is 0 Å². The van der Waals surface area contributed by atoms with E-state index in [1.807, 2.05) is 0 Å². The maximum Gasteiger partial charge on any atom is 0.338 e. The van der Waals surface area contributed by atoms with E-state index in [9.17, 15) is 19.5 Å². The van der Waals surface area contributed by atoms with Crippen LogP contribution in [0.2, 0.25) is 0 Å². The topological polar surface area (TPSA) is 118 Å². The standard InChI is InChI=1S/C30H28O9/c1-2-35-19-24-26(38-29(33)21-14-8-4-9-15-21)27(39-30(34)22-16-10-5-11-17-22)25(23(18-31)36-24)37-28(32)20-12-6-3-7-13-20/h2-17,23-27,31H,1,18-19H2/t23-,24?,25-,26+,27+/m1/s1. The number of carbonyl (C=O) groups is 3. The monoisotopic (exact) mass is 532 g/mol. The first kappa shape index (κ1) is 27.6. The van der Waals surface area contributed by atoms with E-state index in [1.165, 1.54) is 6.26 Å². The Hall–Kier alpha value is -4.47. The van der Waals surface area contributed by atoms with Crippen molar-refractivity contribution in [2.24, 2.45) is 0 Å². The van der Waals surface area contributed by atoms with Crippen molar-refractivity contribution >= 4 is 17.9 Å². The molecule has 0 aliphatic carbocycles. The van der Waals surface area contributed by atoms with E-state index in [4.69, 9.17) is 23.7 Å². The molecular formula is C30H28O9. The number of esters is 3. The highest BCUT2D eigenvalue weighted by Gasteiger charge is 2.52. The zero-order valence-corrected chi connectivity index (χ0v) is 21.0. The summed E-state index contributed by atoms with van der Waals surface area (Å²) in [5.41, 5.74) is 0.707. The van der Waals surface area contributed by atoms with E-state index in [2.05, 4.69) is 6.58 Å². The number of ether oxygens (including phenoxy) is 5. The molecule has 39 heavy (non-hydrogen) atoms. The minimum atomic E-state index is -1.36. The first-order valence-corrected chi connectivity index (χ1v) is 12.3. The van der Waals surface area contributed by atoms with E-state index >= 15 is 0 Å². The van der Waals surface area contributed by atoms with Gasteiger partial charge in [-0.25, -0.2) is 14.4 Å². The van der Waals surface area contributed by atoms with Crippen LogP contribution >= 0.6 is 0 Å². The van der Waals surface area contributed by atoms with Gasteiger partial charge in [-0.2, -0.15) is 0 Å². The molecule has 0 spiro atoms. The second-order valence-corrected chi connectivity index (χ2v) is 8.60. The molecular weight excluding hydrogens is 504 g/mol. The molecule has 4 rings (SSSR count). The van der Waals surface area contributed by atoms with Crippen LogP contribution in [0, 0.1) is 0 Å². The normalized spacial score (nSPS) is 22.2. The first-order valence-electron chi connectivity index (χ1n) is 12.3. The molecule has 1 heterocycles. The van der Waals surface area contributed by atoms with Crippen molar-refractivity contribution in [2.45, 2.75) is 30.5 Å². The lowest BCUT2D eigenvalue weighted by Gasteiger charge is -2.44. The average Bonchev–Trinajstić information content (AvgIpc) is 2.99. The zero-order valence-electron chi connectivity index (χ0n) is 21.0. The van der Waals surface area contributed by atoms with Gasteiger partial charge >= 0.3 is 17.9 Å². The maximum atomic E-state index is 13.2. The van der Waals surface area contributed by atoms with Gasteiger partial charge in [-0.05, 0) is 36.4 Å². The van der Waals surface area contributed by atoms with Gasteiger partial charge in [0.1, 0.15) is 18.8 Å². The summed E-state index contributed by atoms with van der Waals surface area (Å²) in [6, 6.07) is 24.6. The van der Waals surface area contributed by atoms with Crippen molar-refractivity contribution in [2.75, 3.05) is 13.2 Å². The van der Waals surface area contributed by atoms with Crippen LogP contribution in [0.4, 0.5) is 0 Å². The van der Waals surface area contributed by atoms with Gasteiger partial charge in [0.15, 0.2) is 18.3 Å². The van der Waals surface area contributed by atoms with E-state index < -0.39 is 55.0 Å². The van der Waals surface area contributed by atoms with Crippen LogP contribution in [0.3, 0.4) is 0 Å². The second-order valence-electron chi connectivity index (χ2n) is 8.60. The maximum absolute atomic E-state index is 13.2. The van der Waals surface area contributed by atoms with Gasteiger partial charge in [-0.15, -0.1) is 0 Å². The number of hydrogen-bond acceptors (Lipinski definition) is 9. The summed E-state index contributed by atoms with van der Waals surface area (Å²) in [5.74, 6) is -2.20. The van der Waals surface area contributed by atoms with Crippen molar-refractivity contribution in [3.8, 4) is 0 Å². The molecule has 202 valence electrons. The summed E-state index contributed by atoms with van der Waals surface area (Å²) in [6.07, 6.45) is -4.92. The smallest absolute Gasteiger partial charge is 0.338 e. The number of aliphatic hydroxyl groups is 1. The van der Waals surface area contributed by atoms with Crippen LogP contribution in [0.25, 0.3) is 0 Å². The molecule has 0 saturated carbocycles. The lowest BCUT2D eigenvalue weighted by molar-refractivity contribution is -0.235. The third-order valence-electron chi connectivity index (χ3n) is 6.05. The average molecular weight is 533 g/mol. The molecule has 1 aliphatic heterocycles. The van der Waals surface area contributed by atoms with Gasteiger partial charge in [0, 0.05) is 0 Å². The van der Waals surface area contributed by atoms with Gasteiger partial charge in [-0.1, -0.05) is 61.2 Å². The quantitative estimate of drug-likeness (QED) is 0.237. The fourth-order valence-corrected chi connectivity index (χ4v) is 4.15. The van der Waals surface area contributed by atoms with Crippen molar-refractivity contribution in [1.29, 1.82) is 0 Å². The Kier molecular flexibility index (Phi) is 9.44. The summed E-state index contributed by atoms with van der Waals surface area (Å²) >= 11 is 0. The summed E-state index contributed by atoms with van der Waals surface area (Å²) in [6.45, 7) is 2.79. The summed E-state index contributed by atoms with van der Waals surface area (Å²) in [5, 5.41) is 10.2. The molecule has 1 saturated heterocycles. The highest BCUT2D eigenvalue weighted by Crippen LogP contribution is 2.31. The molecule has 1 unspecified atom stereocenters. The van der Waals surface area contributed by atoms with Gasteiger partial charge in [0.2, 0.25) is 0 Å². The Morgan fingerprint density at radius 2 is 1.05 bits per heavy atom. The fraction of sp³-hybridized carbons (Fsp3) is 0.233. The molecule has 1 fully saturated rings. The van der Waals surface area contributed by atoms with Gasteiger partial charge < -0.3 is 28.8 Å². The molecule has 0 aromatic heterocycles. The van der Waals surface area contributed by atoms with Gasteiger partial charge in [0.25, 0.3) is 0 Å². The lowest BCUT2D eigenvalue weighted by Crippen LogP contribution is -2.63. The second kappa shape index (κ2) is 13.4. The van der Waals surface area contributed by atoms with E-state index in [0.29, 0.717) is 0 Å². The molecule has 1 aliphatic rings. The minimum Gasteiger partial charge on any atom is -0.499 e. The molecule has 0 bridgehead atoms. The molecule has 5 atom stereocenters. The Morgan fingerprint density at radius 3 is 1.44 bits per heavy atom. The largest absolute Gasteiger partial charge is 0.499 e. The van der Waals surface area contributed by atoms with Gasteiger partial charge in [-0.3, -0.25) is 0 Å². The van der Waals surface area contributed by atoms with Crippen LogP contribution in [-0.2, 0) is 23.7 Å². The van der Waals surface area contributed by atoms with Crippen LogP contribution < -0.4 is 0 Å². The SMILES string of the molecule is C=COCC1O[C@H](CO)[C@@H](OC(=O)c2ccccc2)[C@H](OC(=O)c2ccccc2)[C@H]1OC(=O)c1ccccc1. The predicted molar refractivity (Wildman–Crippen MR) is 139 cm³/mol. The van der Waals surface area contributed by atoms with Crippen LogP contribution in [0.15, 0.2) is 104 Å². The highest BCUT2D eigenvalue weighted by atomic mass is 16.7. The Morgan fingerprint density at radius 1 is 0.667 bits per heavy atom. The zero-order chi connectivity index (χ0) is 27.6. The number of hydrogen-bond donors (Lipinski definition) is 1. The number of carbonyl (C=O) groups excluding carboxylic acids is 3. The Labute approximate surface area is 225 Å². The van der Waals surface area contributed by atoms with E-state index in [0.717, 1.165) is 0 Å². The van der Waals surface area contributed by atoms with E-state index in [-0.39, 0.29) is 23.3 Å². The number of benzene rings is 3. The number of aliphatic hydroxyl groups excluding tert-OH is 1. The van der Waals surface area contributed by atoms with Crippen LogP contribution in [0.5, 0.6) is 0 Å². The number of rotatable bonds is 10. The van der Waals surface area contributed by atoms with Crippen LogP contribution in [-0.4, -0.2) is 66.7 Å². The summed E-state index contributed by atoms with van der Waals surface area (Å²) in [4.78, 5) is 39.3. The van der Waals surface area contributed by atoms with Crippen LogP contribution in [0.1, 0.15) is 31.1 Å². The van der Waals surface area contributed by atoms with Crippen molar-refractivity contribution in [1.82, 2.24) is 0 Å². The first-order chi connectivity index (χ1) is 19.0. The third kappa shape index (κ3) is 6.90. The fourth-order valence-electron chi connectivity index (χ4n) is 4.15. The molecule has 3 aromatic carbocycles. The molecule has 0 radical (unpaired) electrons.